The summed E-state index contributed by atoms with van der Waals surface area (Å²) >= 11 is 16.3. The van der Waals surface area contributed by atoms with Gasteiger partial charge in [-0.15, -0.1) is 0 Å². The molecular weight excluding hydrogens is 363 g/mol. The van der Waals surface area contributed by atoms with Gasteiger partial charge in [0.15, 0.2) is 0 Å². The standard InChI is InChI=1S/C16H27Cl3O4/c1-2-3-4-5-6-7-8-9-12-22-14(20)10-11-15(21)23-13-16(17,18)19/h2-13H2,1H3. The van der Waals surface area contributed by atoms with E-state index >= 15 is 0 Å². The van der Waals surface area contributed by atoms with E-state index in [1.807, 2.05) is 0 Å². The van der Waals surface area contributed by atoms with Gasteiger partial charge in [-0.25, -0.2) is 0 Å². The fourth-order valence-electron chi connectivity index (χ4n) is 1.93. The number of carbonyl (C=O) groups excluding carboxylic acids is 2. The molecule has 0 aliphatic rings. The first-order chi connectivity index (χ1) is 10.8. The molecule has 7 heteroatoms. The molecular formula is C16H27Cl3O4. The van der Waals surface area contributed by atoms with Crippen LogP contribution in [0.25, 0.3) is 0 Å². The first-order valence-electron chi connectivity index (χ1n) is 8.23. The molecule has 0 aliphatic carbocycles. The lowest BCUT2D eigenvalue weighted by molar-refractivity contribution is -0.150. The largest absolute Gasteiger partial charge is 0.466 e. The number of alkyl halides is 3. The molecule has 0 fully saturated rings. The van der Waals surface area contributed by atoms with Crippen LogP contribution in [0.4, 0.5) is 0 Å². The topological polar surface area (TPSA) is 52.6 Å². The molecule has 0 saturated carbocycles. The lowest BCUT2D eigenvalue weighted by Gasteiger charge is -2.11. The highest BCUT2D eigenvalue weighted by atomic mass is 35.6. The Balaban J connectivity index is 3.42. The summed E-state index contributed by atoms with van der Waals surface area (Å²) in [5.74, 6) is -0.987. The molecule has 0 heterocycles. The van der Waals surface area contributed by atoms with Crippen LogP contribution in [0.3, 0.4) is 0 Å². The van der Waals surface area contributed by atoms with Gasteiger partial charge in [-0.2, -0.15) is 0 Å². The summed E-state index contributed by atoms with van der Waals surface area (Å²) in [7, 11) is 0. The Morgan fingerprint density at radius 2 is 1.26 bits per heavy atom. The molecule has 0 N–H and O–H groups in total. The van der Waals surface area contributed by atoms with Gasteiger partial charge >= 0.3 is 11.9 Å². The third-order valence-corrected chi connectivity index (χ3v) is 3.52. The van der Waals surface area contributed by atoms with Crippen molar-refractivity contribution in [1.29, 1.82) is 0 Å². The van der Waals surface area contributed by atoms with Crippen molar-refractivity contribution in [3.05, 3.63) is 0 Å². The summed E-state index contributed by atoms with van der Waals surface area (Å²) in [5.41, 5.74) is 0. The fraction of sp³-hybridized carbons (Fsp3) is 0.875. The van der Waals surface area contributed by atoms with Crippen molar-refractivity contribution in [2.75, 3.05) is 13.2 Å². The molecule has 23 heavy (non-hydrogen) atoms. The maximum absolute atomic E-state index is 11.4. The summed E-state index contributed by atoms with van der Waals surface area (Å²) in [6.07, 6.45) is 9.39. The first-order valence-corrected chi connectivity index (χ1v) is 9.36. The van der Waals surface area contributed by atoms with Crippen LogP contribution < -0.4 is 0 Å². The lowest BCUT2D eigenvalue weighted by atomic mass is 10.1. The van der Waals surface area contributed by atoms with Gasteiger partial charge in [0.1, 0.15) is 6.61 Å². The maximum Gasteiger partial charge on any atom is 0.306 e. The van der Waals surface area contributed by atoms with Crippen LogP contribution in [0.15, 0.2) is 0 Å². The molecule has 0 rings (SSSR count). The van der Waals surface area contributed by atoms with Crippen LogP contribution in [0.5, 0.6) is 0 Å². The van der Waals surface area contributed by atoms with Crippen molar-refractivity contribution in [3.63, 3.8) is 0 Å². The molecule has 4 nitrogen and oxygen atoms in total. The number of halogens is 3. The van der Waals surface area contributed by atoms with E-state index in [1.54, 1.807) is 0 Å². The van der Waals surface area contributed by atoms with Crippen LogP contribution in [-0.2, 0) is 19.1 Å². The van der Waals surface area contributed by atoms with Crippen LogP contribution in [0.1, 0.15) is 71.1 Å². The summed E-state index contributed by atoms with van der Waals surface area (Å²) < 4.78 is 8.14. The number of carbonyl (C=O) groups is 2. The van der Waals surface area contributed by atoms with E-state index in [1.165, 1.54) is 38.5 Å². The zero-order valence-corrected chi connectivity index (χ0v) is 16.0. The Hall–Kier alpha value is -0.190. The van der Waals surface area contributed by atoms with E-state index in [2.05, 4.69) is 6.92 Å². The Kier molecular flexibility index (Phi) is 14.1. The number of rotatable bonds is 13. The molecule has 0 bridgehead atoms. The van der Waals surface area contributed by atoms with Crippen molar-refractivity contribution >= 4 is 46.7 Å². The smallest absolute Gasteiger partial charge is 0.306 e. The third kappa shape index (κ3) is 18.0. The molecule has 0 atom stereocenters. The van der Waals surface area contributed by atoms with Gasteiger partial charge in [0.05, 0.1) is 19.4 Å². The lowest BCUT2D eigenvalue weighted by Crippen LogP contribution is -2.18. The van der Waals surface area contributed by atoms with Gasteiger partial charge in [0.2, 0.25) is 3.79 Å². The SMILES string of the molecule is CCCCCCCCCCOC(=O)CCC(=O)OCC(Cl)(Cl)Cl. The highest BCUT2D eigenvalue weighted by Crippen LogP contribution is 2.26. The fourth-order valence-corrected chi connectivity index (χ4v) is 2.10. The van der Waals surface area contributed by atoms with Gasteiger partial charge in [0.25, 0.3) is 0 Å². The van der Waals surface area contributed by atoms with Crippen molar-refractivity contribution in [3.8, 4) is 0 Å². The number of unbranched alkanes of at least 4 members (excludes halogenated alkanes) is 7. The quantitative estimate of drug-likeness (QED) is 0.241. The zero-order chi connectivity index (χ0) is 17.6. The second-order valence-electron chi connectivity index (χ2n) is 5.47. The van der Waals surface area contributed by atoms with Crippen molar-refractivity contribution in [2.24, 2.45) is 0 Å². The molecule has 0 radical (unpaired) electrons. The summed E-state index contributed by atoms with van der Waals surface area (Å²) in [5, 5.41) is 0. The first kappa shape index (κ1) is 22.8. The third-order valence-electron chi connectivity index (χ3n) is 3.19. The Morgan fingerprint density at radius 3 is 1.78 bits per heavy atom. The number of hydrogen-bond acceptors (Lipinski definition) is 4. The van der Waals surface area contributed by atoms with Crippen molar-refractivity contribution in [2.45, 2.75) is 74.9 Å². The Morgan fingerprint density at radius 1 is 0.783 bits per heavy atom. The van der Waals surface area contributed by atoms with Gasteiger partial charge in [-0.3, -0.25) is 9.59 Å². The van der Waals surface area contributed by atoms with E-state index in [4.69, 9.17) is 44.3 Å². The predicted octanol–water partition coefficient (Wildman–Crippen LogP) is 5.36. The minimum atomic E-state index is -1.63. The second kappa shape index (κ2) is 14.2. The maximum atomic E-state index is 11.4. The van der Waals surface area contributed by atoms with Crippen LogP contribution in [0.2, 0.25) is 0 Å². The van der Waals surface area contributed by atoms with Crippen molar-refractivity contribution < 1.29 is 19.1 Å². The van der Waals surface area contributed by atoms with Gasteiger partial charge in [-0.05, 0) is 6.42 Å². The zero-order valence-electron chi connectivity index (χ0n) is 13.8. The molecule has 136 valence electrons. The van der Waals surface area contributed by atoms with Crippen molar-refractivity contribution in [1.82, 2.24) is 0 Å². The van der Waals surface area contributed by atoms with E-state index in [0.717, 1.165) is 12.8 Å². The minimum absolute atomic E-state index is 0.0181. The average molecular weight is 390 g/mol. The van der Waals surface area contributed by atoms with Crippen LogP contribution in [0, 0.1) is 0 Å². The molecule has 0 aromatic heterocycles. The van der Waals surface area contributed by atoms with Gasteiger partial charge in [-0.1, -0.05) is 86.7 Å². The van der Waals surface area contributed by atoms with E-state index in [9.17, 15) is 9.59 Å². The predicted molar refractivity (Wildman–Crippen MR) is 94.1 cm³/mol. The molecule has 0 aliphatic heterocycles. The molecule has 0 spiro atoms. The minimum Gasteiger partial charge on any atom is -0.466 e. The summed E-state index contributed by atoms with van der Waals surface area (Å²) in [4.78, 5) is 22.8. The summed E-state index contributed by atoms with van der Waals surface area (Å²) in [6.45, 7) is 2.27. The van der Waals surface area contributed by atoms with E-state index in [-0.39, 0.29) is 19.4 Å². The number of ether oxygens (including phenoxy) is 2. The molecule has 0 aromatic carbocycles. The van der Waals surface area contributed by atoms with Gasteiger partial charge < -0.3 is 9.47 Å². The van der Waals surface area contributed by atoms with E-state index in [0.29, 0.717) is 6.61 Å². The molecule has 0 aromatic rings. The van der Waals surface area contributed by atoms with E-state index < -0.39 is 15.7 Å². The number of esters is 2. The van der Waals surface area contributed by atoms with Crippen LogP contribution >= 0.6 is 34.8 Å². The van der Waals surface area contributed by atoms with Gasteiger partial charge in [0, 0.05) is 0 Å². The van der Waals surface area contributed by atoms with Crippen LogP contribution in [-0.4, -0.2) is 28.9 Å². The Bertz CT molecular complexity index is 330. The Labute approximate surface area is 154 Å². The average Bonchev–Trinajstić information content (AvgIpc) is 2.48. The second-order valence-corrected chi connectivity index (χ2v) is 7.99. The summed E-state index contributed by atoms with van der Waals surface area (Å²) in [6, 6.07) is 0. The normalized spacial score (nSPS) is 11.3. The monoisotopic (exact) mass is 388 g/mol. The highest BCUT2D eigenvalue weighted by Gasteiger charge is 2.22. The molecule has 0 amide bonds. The molecule has 0 saturated heterocycles. The highest BCUT2D eigenvalue weighted by molar-refractivity contribution is 6.67. The number of hydrogen-bond donors (Lipinski definition) is 0. The molecule has 0 unspecified atom stereocenters.